The number of hydrogen-bond acceptors (Lipinski definition) is 1. The Balaban J connectivity index is 1.31. The van der Waals surface area contributed by atoms with Gasteiger partial charge in [-0.2, -0.15) is 0 Å². The van der Waals surface area contributed by atoms with Crippen LogP contribution in [0.1, 0.15) is 35.1 Å². The number of para-hydroxylation sites is 1. The van der Waals surface area contributed by atoms with E-state index in [0.29, 0.717) is 0 Å². The molecule has 9 rings (SSSR count). The predicted octanol–water partition coefficient (Wildman–Crippen LogP) is 11.3. The lowest BCUT2D eigenvalue weighted by Crippen LogP contribution is -2.28. The predicted molar refractivity (Wildman–Crippen MR) is 184 cm³/mol. The van der Waals surface area contributed by atoms with Crippen LogP contribution in [0.3, 0.4) is 0 Å². The molecule has 0 saturated heterocycles. The van der Waals surface area contributed by atoms with Crippen molar-refractivity contribution < 1.29 is 0 Å². The van der Waals surface area contributed by atoms with Crippen LogP contribution in [0.25, 0.3) is 27.8 Å². The van der Waals surface area contributed by atoms with Gasteiger partial charge in [0, 0.05) is 16.9 Å². The Kier molecular flexibility index (Phi) is 5.61. The lowest BCUT2D eigenvalue weighted by atomic mass is 9.68. The van der Waals surface area contributed by atoms with Gasteiger partial charge in [0.05, 0.1) is 11.1 Å². The van der Waals surface area contributed by atoms with Gasteiger partial charge >= 0.3 is 0 Å². The third kappa shape index (κ3) is 3.47. The van der Waals surface area contributed by atoms with Gasteiger partial charge in [-0.1, -0.05) is 133 Å². The second-order valence-electron chi connectivity index (χ2n) is 12.0. The van der Waals surface area contributed by atoms with E-state index in [1.165, 1.54) is 61.3 Å². The Morgan fingerprint density at radius 2 is 1.05 bits per heavy atom. The van der Waals surface area contributed by atoms with E-state index < -0.39 is 0 Å². The van der Waals surface area contributed by atoms with Crippen LogP contribution in [0.5, 0.6) is 0 Å². The van der Waals surface area contributed by atoms with Crippen molar-refractivity contribution in [3.05, 3.63) is 192 Å². The highest BCUT2D eigenvalue weighted by Crippen LogP contribution is 2.65. The van der Waals surface area contributed by atoms with Crippen molar-refractivity contribution in [3.8, 4) is 22.3 Å². The molecule has 1 nitrogen and oxygen atoms in total. The standard InChI is InChI=1S/C43H31N/c1-3-14-30(15-4-1)31-26-28-33(29-27-31)44(32-16-5-2-6-17-32)41-25-13-24-40-42(41)36-20-9-12-23-39(36)43(40)37-21-10-7-18-34(37)35-19-8-11-22-38(35)43/h1-11,13-22,24-29H,12,23H2. The topological polar surface area (TPSA) is 3.24 Å². The lowest BCUT2D eigenvalue weighted by molar-refractivity contribution is 0.714. The molecular weight excluding hydrogens is 530 g/mol. The molecule has 1 heteroatoms. The van der Waals surface area contributed by atoms with Crippen molar-refractivity contribution in [2.75, 3.05) is 4.90 Å². The fraction of sp³-hybridized carbons (Fsp3) is 0.0698. The Labute approximate surface area is 259 Å². The van der Waals surface area contributed by atoms with Gasteiger partial charge in [0.1, 0.15) is 0 Å². The van der Waals surface area contributed by atoms with Crippen molar-refractivity contribution in [1.29, 1.82) is 0 Å². The number of anilines is 3. The fourth-order valence-electron chi connectivity index (χ4n) is 8.06. The molecule has 0 saturated carbocycles. The van der Waals surface area contributed by atoms with E-state index in [4.69, 9.17) is 0 Å². The van der Waals surface area contributed by atoms with Crippen molar-refractivity contribution in [2.45, 2.75) is 18.3 Å². The van der Waals surface area contributed by atoms with Crippen LogP contribution in [-0.2, 0) is 5.41 Å². The third-order valence-corrected chi connectivity index (χ3v) is 9.78. The molecule has 0 heterocycles. The summed E-state index contributed by atoms with van der Waals surface area (Å²) < 4.78 is 0. The van der Waals surface area contributed by atoms with E-state index in [-0.39, 0.29) is 5.41 Å². The molecule has 208 valence electrons. The van der Waals surface area contributed by atoms with Gasteiger partial charge in [-0.05, 0) is 93.3 Å². The summed E-state index contributed by atoms with van der Waals surface area (Å²) in [6.45, 7) is 0. The second kappa shape index (κ2) is 9.82. The van der Waals surface area contributed by atoms with Gasteiger partial charge in [-0.3, -0.25) is 0 Å². The van der Waals surface area contributed by atoms with Crippen LogP contribution in [0.4, 0.5) is 17.1 Å². The van der Waals surface area contributed by atoms with Crippen LogP contribution in [0.2, 0.25) is 0 Å². The van der Waals surface area contributed by atoms with Gasteiger partial charge in [0.15, 0.2) is 0 Å². The molecule has 0 aromatic heterocycles. The Hall–Kier alpha value is -5.40. The SMILES string of the molecule is C1=CC2=C(CC1)C1(c3ccccc3-c3ccccc31)c1cccc(N(c3ccccc3)c3ccc(-c4ccccc4)cc3)c12. The van der Waals surface area contributed by atoms with Crippen LogP contribution < -0.4 is 4.90 Å². The zero-order chi connectivity index (χ0) is 29.1. The summed E-state index contributed by atoms with van der Waals surface area (Å²) in [6.07, 6.45) is 6.89. The smallest absolute Gasteiger partial charge is 0.0689 e. The van der Waals surface area contributed by atoms with E-state index in [9.17, 15) is 0 Å². The molecule has 0 radical (unpaired) electrons. The molecule has 3 aliphatic carbocycles. The first-order chi connectivity index (χ1) is 21.9. The highest BCUT2D eigenvalue weighted by molar-refractivity contribution is 6.01. The molecule has 1 spiro atoms. The first kappa shape index (κ1) is 25.1. The maximum absolute atomic E-state index is 2.45. The quantitative estimate of drug-likeness (QED) is 0.207. The minimum absolute atomic E-state index is 0.280. The van der Waals surface area contributed by atoms with Gasteiger partial charge in [-0.15, -0.1) is 0 Å². The average Bonchev–Trinajstić information content (AvgIpc) is 3.58. The summed E-state index contributed by atoms with van der Waals surface area (Å²) in [6, 6.07) is 55.7. The Bertz CT molecular complexity index is 2050. The maximum Gasteiger partial charge on any atom is 0.0689 e. The molecule has 0 atom stereocenters. The van der Waals surface area contributed by atoms with E-state index >= 15 is 0 Å². The second-order valence-corrected chi connectivity index (χ2v) is 12.0. The van der Waals surface area contributed by atoms with Crippen LogP contribution >= 0.6 is 0 Å². The molecule has 44 heavy (non-hydrogen) atoms. The molecule has 6 aromatic rings. The largest absolute Gasteiger partial charge is 0.310 e. The molecule has 0 unspecified atom stereocenters. The highest BCUT2D eigenvalue weighted by Gasteiger charge is 2.53. The summed E-state index contributed by atoms with van der Waals surface area (Å²) in [5, 5.41) is 0. The zero-order valence-electron chi connectivity index (χ0n) is 24.4. The number of benzene rings is 6. The summed E-state index contributed by atoms with van der Waals surface area (Å²) in [5.41, 5.74) is 16.9. The van der Waals surface area contributed by atoms with Gasteiger partial charge in [0.25, 0.3) is 0 Å². The molecular formula is C43H31N. The van der Waals surface area contributed by atoms with Gasteiger partial charge in [0.2, 0.25) is 0 Å². The minimum Gasteiger partial charge on any atom is -0.310 e. The molecule has 0 bridgehead atoms. The van der Waals surface area contributed by atoms with E-state index in [0.717, 1.165) is 24.2 Å². The third-order valence-electron chi connectivity index (χ3n) is 9.78. The summed E-state index contributed by atoms with van der Waals surface area (Å²) in [5.74, 6) is 0. The molecule has 3 aliphatic rings. The van der Waals surface area contributed by atoms with Crippen molar-refractivity contribution in [2.24, 2.45) is 0 Å². The average molecular weight is 562 g/mol. The molecule has 0 amide bonds. The van der Waals surface area contributed by atoms with E-state index in [1.807, 2.05) is 0 Å². The van der Waals surface area contributed by atoms with E-state index in [2.05, 4.69) is 169 Å². The molecule has 0 N–H and O–H groups in total. The lowest BCUT2D eigenvalue weighted by Gasteiger charge is -2.34. The number of nitrogens with zero attached hydrogens (tertiary/aromatic N) is 1. The molecule has 0 aliphatic heterocycles. The monoisotopic (exact) mass is 561 g/mol. The molecule has 6 aromatic carbocycles. The summed E-state index contributed by atoms with van der Waals surface area (Å²) >= 11 is 0. The molecule has 0 fully saturated rings. The van der Waals surface area contributed by atoms with Crippen molar-refractivity contribution in [1.82, 2.24) is 0 Å². The van der Waals surface area contributed by atoms with Crippen molar-refractivity contribution >= 4 is 22.6 Å². The fourth-order valence-corrected chi connectivity index (χ4v) is 8.06. The number of hydrogen-bond donors (Lipinski definition) is 0. The van der Waals surface area contributed by atoms with Crippen LogP contribution in [0.15, 0.2) is 169 Å². The minimum atomic E-state index is -0.280. The van der Waals surface area contributed by atoms with Crippen molar-refractivity contribution in [3.63, 3.8) is 0 Å². The normalized spacial score (nSPS) is 15.1. The van der Waals surface area contributed by atoms with Gasteiger partial charge < -0.3 is 4.90 Å². The first-order valence-corrected chi connectivity index (χ1v) is 15.6. The highest BCUT2D eigenvalue weighted by atomic mass is 15.1. The zero-order valence-corrected chi connectivity index (χ0v) is 24.4. The maximum atomic E-state index is 2.45. The van der Waals surface area contributed by atoms with Crippen LogP contribution in [-0.4, -0.2) is 0 Å². The summed E-state index contributed by atoms with van der Waals surface area (Å²) in [7, 11) is 0. The van der Waals surface area contributed by atoms with Crippen LogP contribution in [0, 0.1) is 0 Å². The first-order valence-electron chi connectivity index (χ1n) is 15.6. The Morgan fingerprint density at radius 1 is 0.477 bits per heavy atom. The number of rotatable bonds is 4. The van der Waals surface area contributed by atoms with E-state index in [1.54, 1.807) is 0 Å². The summed E-state index contributed by atoms with van der Waals surface area (Å²) in [4.78, 5) is 2.45. The number of fused-ring (bicyclic) bond motifs is 9. The van der Waals surface area contributed by atoms with Gasteiger partial charge in [-0.25, -0.2) is 0 Å². The Morgan fingerprint density at radius 3 is 1.75 bits per heavy atom. The number of allylic oxidation sites excluding steroid dienone is 4.